The first kappa shape index (κ1) is 15.3. The smallest absolute Gasteiger partial charge is 0.255 e. The van der Waals surface area contributed by atoms with Gasteiger partial charge in [-0.15, -0.1) is 0 Å². The van der Waals surface area contributed by atoms with Crippen LogP contribution in [0.25, 0.3) is 0 Å². The number of nitrogens with one attached hydrogen (secondary N) is 1. The molecule has 1 N–H and O–H groups in total. The van der Waals surface area contributed by atoms with Crippen molar-refractivity contribution in [3.8, 4) is 0 Å². The molecule has 2 aliphatic rings. The van der Waals surface area contributed by atoms with E-state index in [1.807, 2.05) is 6.07 Å². The summed E-state index contributed by atoms with van der Waals surface area (Å²) >= 11 is 9.44. The normalized spacial score (nSPS) is 19.5. The lowest BCUT2D eigenvalue weighted by Gasteiger charge is -2.30. The van der Waals surface area contributed by atoms with Gasteiger partial charge in [0.05, 0.1) is 5.56 Å². The number of hydrogen-bond donors (Lipinski definition) is 1. The zero-order valence-corrected chi connectivity index (χ0v) is 14.3. The third-order valence-electron chi connectivity index (χ3n) is 4.32. The van der Waals surface area contributed by atoms with Gasteiger partial charge in [0.2, 0.25) is 0 Å². The van der Waals surface area contributed by atoms with Crippen molar-refractivity contribution in [2.24, 2.45) is 5.92 Å². The number of piperidine rings is 1. The first-order chi connectivity index (χ1) is 10.1. The van der Waals surface area contributed by atoms with E-state index in [2.05, 4.69) is 26.1 Å². The minimum Gasteiger partial charge on any atom is -0.335 e. The topological polar surface area (TPSA) is 32.3 Å². The number of amides is 1. The first-order valence-electron chi connectivity index (χ1n) is 7.62. The molecule has 2 fully saturated rings. The molecule has 1 amide bonds. The molecule has 0 spiro atoms. The Balaban J connectivity index is 1.75. The fraction of sp³-hybridized carbons (Fsp3) is 0.562. The van der Waals surface area contributed by atoms with Gasteiger partial charge >= 0.3 is 0 Å². The number of hydrogen-bond acceptors (Lipinski definition) is 2. The molecule has 1 aliphatic heterocycles. The van der Waals surface area contributed by atoms with Gasteiger partial charge in [-0.05, 0) is 78.8 Å². The Morgan fingerprint density at radius 2 is 2.00 bits per heavy atom. The summed E-state index contributed by atoms with van der Waals surface area (Å²) in [5.74, 6) is 0.765. The highest BCUT2D eigenvalue weighted by molar-refractivity contribution is 9.10. The molecule has 1 aromatic carbocycles. The van der Waals surface area contributed by atoms with Crippen molar-refractivity contribution in [3.63, 3.8) is 0 Å². The van der Waals surface area contributed by atoms with Crippen LogP contribution in [0.4, 0.5) is 0 Å². The van der Waals surface area contributed by atoms with Gasteiger partial charge in [0.1, 0.15) is 0 Å². The molecule has 3 rings (SSSR count). The SMILES string of the molecule is O=C(c1ccc(Cl)cc1Br)N(CC1CCNCC1)C1CC1. The zero-order valence-electron chi connectivity index (χ0n) is 11.9. The molecule has 0 aromatic heterocycles. The molecule has 3 nitrogen and oxygen atoms in total. The van der Waals surface area contributed by atoms with Crippen molar-refractivity contribution in [3.05, 3.63) is 33.3 Å². The van der Waals surface area contributed by atoms with E-state index in [0.717, 1.165) is 55.4 Å². The summed E-state index contributed by atoms with van der Waals surface area (Å²) in [6, 6.07) is 5.85. The summed E-state index contributed by atoms with van der Waals surface area (Å²) < 4.78 is 0.788. The highest BCUT2D eigenvalue weighted by Crippen LogP contribution is 2.32. The number of benzene rings is 1. The summed E-state index contributed by atoms with van der Waals surface area (Å²) in [4.78, 5) is 15.0. The van der Waals surface area contributed by atoms with Crippen molar-refractivity contribution >= 4 is 33.4 Å². The number of carbonyl (C=O) groups is 1. The maximum atomic E-state index is 12.9. The van der Waals surface area contributed by atoms with Gasteiger partial charge in [-0.3, -0.25) is 4.79 Å². The Bertz CT molecular complexity index is 527. The molecule has 114 valence electrons. The molecule has 1 aromatic rings. The van der Waals surface area contributed by atoms with E-state index in [-0.39, 0.29) is 5.91 Å². The van der Waals surface area contributed by atoms with Crippen LogP contribution in [0.1, 0.15) is 36.0 Å². The molecule has 0 radical (unpaired) electrons. The average Bonchev–Trinajstić information content (AvgIpc) is 3.30. The highest BCUT2D eigenvalue weighted by atomic mass is 79.9. The van der Waals surface area contributed by atoms with E-state index in [1.54, 1.807) is 12.1 Å². The summed E-state index contributed by atoms with van der Waals surface area (Å²) in [7, 11) is 0. The summed E-state index contributed by atoms with van der Waals surface area (Å²) in [6.07, 6.45) is 4.61. The second kappa shape index (κ2) is 6.67. The van der Waals surface area contributed by atoms with Crippen LogP contribution >= 0.6 is 27.5 Å². The van der Waals surface area contributed by atoms with Gasteiger partial charge in [-0.2, -0.15) is 0 Å². The number of nitrogens with zero attached hydrogens (tertiary/aromatic N) is 1. The van der Waals surface area contributed by atoms with Crippen LogP contribution in [0.2, 0.25) is 5.02 Å². The van der Waals surface area contributed by atoms with Crippen LogP contribution in [0.3, 0.4) is 0 Å². The zero-order chi connectivity index (χ0) is 14.8. The third kappa shape index (κ3) is 3.79. The van der Waals surface area contributed by atoms with Crippen molar-refractivity contribution in [1.82, 2.24) is 10.2 Å². The summed E-state index contributed by atoms with van der Waals surface area (Å²) in [5, 5.41) is 4.03. The molecule has 5 heteroatoms. The molecule has 1 saturated heterocycles. The molecule has 0 bridgehead atoms. The molecule has 1 saturated carbocycles. The van der Waals surface area contributed by atoms with E-state index < -0.39 is 0 Å². The minimum absolute atomic E-state index is 0.138. The van der Waals surface area contributed by atoms with E-state index in [4.69, 9.17) is 11.6 Å². The Hall–Kier alpha value is -0.580. The van der Waals surface area contributed by atoms with Crippen LogP contribution in [-0.2, 0) is 0 Å². The molecular formula is C16H20BrClN2O. The number of halogens is 2. The lowest BCUT2D eigenvalue weighted by molar-refractivity contribution is 0.0701. The van der Waals surface area contributed by atoms with Crippen molar-refractivity contribution < 1.29 is 4.79 Å². The van der Waals surface area contributed by atoms with Crippen LogP contribution in [-0.4, -0.2) is 36.5 Å². The fourth-order valence-corrected chi connectivity index (χ4v) is 3.80. The standard InChI is InChI=1S/C16H20BrClN2O/c17-15-9-12(18)1-4-14(15)16(21)20(13-2-3-13)10-11-5-7-19-8-6-11/h1,4,9,11,13,19H,2-3,5-8,10H2. The fourth-order valence-electron chi connectivity index (χ4n) is 2.94. The Morgan fingerprint density at radius 1 is 1.29 bits per heavy atom. The quantitative estimate of drug-likeness (QED) is 0.875. The lowest BCUT2D eigenvalue weighted by Crippen LogP contribution is -2.40. The molecular weight excluding hydrogens is 352 g/mol. The molecule has 21 heavy (non-hydrogen) atoms. The maximum Gasteiger partial charge on any atom is 0.255 e. The van der Waals surface area contributed by atoms with Gasteiger partial charge < -0.3 is 10.2 Å². The summed E-state index contributed by atoms with van der Waals surface area (Å²) in [6.45, 7) is 3.03. The van der Waals surface area contributed by atoms with Crippen molar-refractivity contribution in [2.75, 3.05) is 19.6 Å². The Labute approximate surface area is 139 Å². The highest BCUT2D eigenvalue weighted by Gasteiger charge is 2.35. The summed E-state index contributed by atoms with van der Waals surface area (Å²) in [5.41, 5.74) is 0.722. The number of rotatable bonds is 4. The van der Waals surface area contributed by atoms with Crippen molar-refractivity contribution in [2.45, 2.75) is 31.7 Å². The largest absolute Gasteiger partial charge is 0.335 e. The van der Waals surface area contributed by atoms with Gasteiger partial charge in [-0.1, -0.05) is 11.6 Å². The third-order valence-corrected chi connectivity index (χ3v) is 5.21. The van der Waals surface area contributed by atoms with Crippen LogP contribution in [0.5, 0.6) is 0 Å². The van der Waals surface area contributed by atoms with Crippen molar-refractivity contribution in [1.29, 1.82) is 0 Å². The minimum atomic E-state index is 0.138. The van der Waals surface area contributed by atoms with Gasteiger partial charge in [0.25, 0.3) is 5.91 Å². The number of carbonyl (C=O) groups excluding carboxylic acids is 1. The predicted octanol–water partition coefficient (Wildman–Crippen LogP) is 3.71. The van der Waals surface area contributed by atoms with Gasteiger partial charge in [0, 0.05) is 22.1 Å². The average molecular weight is 372 g/mol. The second-order valence-electron chi connectivity index (χ2n) is 6.01. The molecule has 1 heterocycles. The van der Waals surface area contributed by atoms with Crippen LogP contribution in [0.15, 0.2) is 22.7 Å². The van der Waals surface area contributed by atoms with E-state index in [9.17, 15) is 4.79 Å². The molecule has 0 unspecified atom stereocenters. The second-order valence-corrected chi connectivity index (χ2v) is 7.30. The molecule has 1 aliphatic carbocycles. The predicted molar refractivity (Wildman–Crippen MR) is 88.8 cm³/mol. The lowest BCUT2D eigenvalue weighted by atomic mass is 9.97. The van der Waals surface area contributed by atoms with Gasteiger partial charge in [0.15, 0.2) is 0 Å². The maximum absolute atomic E-state index is 12.9. The van der Waals surface area contributed by atoms with Crippen LogP contribution in [0, 0.1) is 5.92 Å². The van der Waals surface area contributed by atoms with Crippen LogP contribution < -0.4 is 5.32 Å². The monoisotopic (exact) mass is 370 g/mol. The first-order valence-corrected chi connectivity index (χ1v) is 8.79. The van der Waals surface area contributed by atoms with Gasteiger partial charge in [-0.25, -0.2) is 0 Å². The van der Waals surface area contributed by atoms with E-state index in [0.29, 0.717) is 17.0 Å². The van der Waals surface area contributed by atoms with E-state index in [1.165, 1.54) is 0 Å². The Kier molecular flexibility index (Phi) is 4.87. The van der Waals surface area contributed by atoms with E-state index >= 15 is 0 Å². The molecule has 0 atom stereocenters. The Morgan fingerprint density at radius 3 is 2.62 bits per heavy atom.